The zero-order valence-electron chi connectivity index (χ0n) is 6.40. The molecule has 0 aliphatic heterocycles. The average Bonchev–Trinajstić information content (AvgIpc) is 2.04. The largest absolute Gasteiger partial charge is 0.395 e. The van der Waals surface area contributed by atoms with Gasteiger partial charge in [-0.3, -0.25) is 0 Å². The first-order valence-electron chi connectivity index (χ1n) is 3.93. The summed E-state index contributed by atoms with van der Waals surface area (Å²) in [6.45, 7) is -0.167. The molecule has 0 spiro atoms. The van der Waals surface area contributed by atoms with Crippen LogP contribution in [0.1, 0.15) is 12.8 Å². The monoisotopic (exact) mass is 161 g/mol. The molecule has 0 bridgehead atoms. The Balaban J connectivity index is 2.17. The molecule has 1 aliphatic carbocycles. The second-order valence-electron chi connectivity index (χ2n) is 2.98. The highest BCUT2D eigenvalue weighted by atomic mass is 16.3. The van der Waals surface area contributed by atoms with Gasteiger partial charge in [0, 0.05) is 6.04 Å². The van der Waals surface area contributed by atoms with Gasteiger partial charge in [-0.25, -0.2) is 0 Å². The van der Waals surface area contributed by atoms with E-state index in [9.17, 15) is 0 Å². The van der Waals surface area contributed by atoms with Gasteiger partial charge < -0.3 is 20.6 Å². The Kier molecular flexibility index (Phi) is 3.26. The lowest BCUT2D eigenvalue weighted by Crippen LogP contribution is -2.53. The third-order valence-corrected chi connectivity index (χ3v) is 2.13. The molecule has 0 radical (unpaired) electrons. The van der Waals surface area contributed by atoms with Crippen molar-refractivity contribution in [1.82, 2.24) is 5.32 Å². The third kappa shape index (κ3) is 2.13. The predicted molar refractivity (Wildman–Crippen MR) is 40.1 cm³/mol. The van der Waals surface area contributed by atoms with E-state index in [2.05, 4.69) is 5.32 Å². The van der Waals surface area contributed by atoms with Gasteiger partial charge in [-0.05, 0) is 12.8 Å². The van der Waals surface area contributed by atoms with E-state index < -0.39 is 0 Å². The summed E-state index contributed by atoms with van der Waals surface area (Å²) in [4.78, 5) is 0. The number of hydrogen-bond donors (Lipinski definition) is 4. The molecule has 0 aromatic carbocycles. The molecule has 11 heavy (non-hydrogen) atoms. The third-order valence-electron chi connectivity index (χ3n) is 2.13. The summed E-state index contributed by atoms with van der Waals surface area (Å²) >= 11 is 0. The molecule has 0 aromatic heterocycles. The van der Waals surface area contributed by atoms with Crippen molar-refractivity contribution >= 4 is 0 Å². The Hall–Kier alpha value is -0.160. The topological polar surface area (TPSA) is 72.7 Å². The fraction of sp³-hybridized carbons (Fsp3) is 1.00. The van der Waals surface area contributed by atoms with Gasteiger partial charge in [-0.15, -0.1) is 0 Å². The number of aliphatic hydroxyl groups is 3. The van der Waals surface area contributed by atoms with E-state index in [0.717, 1.165) is 12.8 Å². The Morgan fingerprint density at radius 2 is 1.91 bits per heavy atom. The first-order chi connectivity index (χ1) is 5.27. The lowest BCUT2D eigenvalue weighted by atomic mass is 9.89. The summed E-state index contributed by atoms with van der Waals surface area (Å²) in [5, 5.41) is 29.4. The molecule has 2 atom stereocenters. The van der Waals surface area contributed by atoms with Crippen molar-refractivity contribution in [3.63, 3.8) is 0 Å². The molecular weight excluding hydrogens is 146 g/mol. The van der Waals surface area contributed by atoms with Crippen LogP contribution in [0.3, 0.4) is 0 Å². The molecule has 1 saturated carbocycles. The predicted octanol–water partition coefficient (Wildman–Crippen LogP) is -1.55. The normalized spacial score (nSPS) is 30.5. The fourth-order valence-corrected chi connectivity index (χ4v) is 1.14. The molecule has 1 rings (SSSR count). The van der Waals surface area contributed by atoms with E-state index >= 15 is 0 Å². The van der Waals surface area contributed by atoms with Crippen molar-refractivity contribution in [2.45, 2.75) is 31.0 Å². The summed E-state index contributed by atoms with van der Waals surface area (Å²) in [7, 11) is 0. The van der Waals surface area contributed by atoms with Gasteiger partial charge in [-0.1, -0.05) is 0 Å². The van der Waals surface area contributed by atoms with Gasteiger partial charge in [0.1, 0.15) is 0 Å². The van der Waals surface area contributed by atoms with Gasteiger partial charge >= 0.3 is 0 Å². The van der Waals surface area contributed by atoms with Crippen molar-refractivity contribution in [3.05, 3.63) is 0 Å². The Morgan fingerprint density at radius 3 is 2.18 bits per heavy atom. The Morgan fingerprint density at radius 1 is 1.27 bits per heavy atom. The van der Waals surface area contributed by atoms with Crippen LogP contribution >= 0.6 is 0 Å². The smallest absolute Gasteiger partial charge is 0.0693 e. The van der Waals surface area contributed by atoms with Crippen LogP contribution in [0.25, 0.3) is 0 Å². The van der Waals surface area contributed by atoms with Crippen molar-refractivity contribution in [1.29, 1.82) is 0 Å². The minimum Gasteiger partial charge on any atom is -0.395 e. The summed E-state index contributed by atoms with van der Waals surface area (Å²) in [6.07, 6.45) is 1.45. The Labute approximate surface area is 65.9 Å². The van der Waals surface area contributed by atoms with Gasteiger partial charge in [0.05, 0.1) is 25.4 Å². The van der Waals surface area contributed by atoms with Crippen molar-refractivity contribution in [3.8, 4) is 0 Å². The van der Waals surface area contributed by atoms with E-state index in [-0.39, 0.29) is 31.4 Å². The molecule has 4 heteroatoms. The lowest BCUT2D eigenvalue weighted by molar-refractivity contribution is 0.0322. The minimum atomic E-state index is -0.296. The molecule has 0 unspecified atom stereocenters. The maximum absolute atomic E-state index is 9.12. The van der Waals surface area contributed by atoms with Crippen LogP contribution in [0.2, 0.25) is 0 Å². The van der Waals surface area contributed by atoms with Crippen molar-refractivity contribution in [2.75, 3.05) is 13.2 Å². The van der Waals surface area contributed by atoms with Crippen LogP contribution in [-0.4, -0.2) is 46.7 Å². The van der Waals surface area contributed by atoms with Crippen LogP contribution < -0.4 is 5.32 Å². The molecule has 4 N–H and O–H groups in total. The second-order valence-corrected chi connectivity index (χ2v) is 2.98. The second kappa shape index (κ2) is 4.01. The summed E-state index contributed by atoms with van der Waals surface area (Å²) in [6, 6.07) is -0.214. The number of hydrogen-bond acceptors (Lipinski definition) is 4. The number of rotatable bonds is 4. The summed E-state index contributed by atoms with van der Waals surface area (Å²) < 4.78 is 0. The maximum Gasteiger partial charge on any atom is 0.0693 e. The highest BCUT2D eigenvalue weighted by Gasteiger charge is 2.29. The molecular formula is C7H15NO3. The first kappa shape index (κ1) is 8.93. The van der Waals surface area contributed by atoms with E-state index in [1.807, 2.05) is 0 Å². The SMILES string of the molecule is OCC(CO)N[C@@H]1CC[C@H]1O. The standard InChI is InChI=1S/C7H15NO3/c9-3-5(4-10)8-6-1-2-7(6)11/h5-11H,1-4H2/t6-,7-/m1/s1. The van der Waals surface area contributed by atoms with E-state index in [1.54, 1.807) is 0 Å². The quantitative estimate of drug-likeness (QED) is 0.403. The van der Waals surface area contributed by atoms with Crippen LogP contribution in [0.4, 0.5) is 0 Å². The van der Waals surface area contributed by atoms with Crippen LogP contribution in [0.15, 0.2) is 0 Å². The molecule has 0 aromatic rings. The molecule has 0 heterocycles. The van der Waals surface area contributed by atoms with Crippen LogP contribution in [0.5, 0.6) is 0 Å². The van der Waals surface area contributed by atoms with Gasteiger partial charge in [0.2, 0.25) is 0 Å². The number of nitrogens with one attached hydrogen (secondary N) is 1. The maximum atomic E-state index is 9.12. The van der Waals surface area contributed by atoms with E-state index in [1.165, 1.54) is 0 Å². The van der Waals surface area contributed by atoms with Crippen LogP contribution in [-0.2, 0) is 0 Å². The van der Waals surface area contributed by atoms with E-state index in [0.29, 0.717) is 0 Å². The zero-order chi connectivity index (χ0) is 8.27. The van der Waals surface area contributed by atoms with Gasteiger partial charge in [0.25, 0.3) is 0 Å². The molecule has 1 aliphatic rings. The van der Waals surface area contributed by atoms with Crippen molar-refractivity contribution < 1.29 is 15.3 Å². The highest BCUT2D eigenvalue weighted by Crippen LogP contribution is 2.19. The minimum absolute atomic E-state index is 0.0688. The lowest BCUT2D eigenvalue weighted by Gasteiger charge is -2.35. The fourth-order valence-electron chi connectivity index (χ4n) is 1.14. The molecule has 1 fully saturated rings. The molecule has 66 valence electrons. The van der Waals surface area contributed by atoms with E-state index in [4.69, 9.17) is 15.3 Å². The first-order valence-corrected chi connectivity index (χ1v) is 3.93. The summed E-state index contributed by atoms with van der Waals surface area (Å²) in [5.41, 5.74) is 0. The Bertz CT molecular complexity index is 113. The molecule has 4 nitrogen and oxygen atoms in total. The zero-order valence-corrected chi connectivity index (χ0v) is 6.40. The average molecular weight is 161 g/mol. The van der Waals surface area contributed by atoms with Gasteiger partial charge in [-0.2, -0.15) is 0 Å². The number of aliphatic hydroxyl groups excluding tert-OH is 3. The van der Waals surface area contributed by atoms with Crippen LogP contribution in [0, 0.1) is 0 Å². The van der Waals surface area contributed by atoms with Gasteiger partial charge in [0.15, 0.2) is 0 Å². The summed E-state index contributed by atoms with van der Waals surface area (Å²) in [5.74, 6) is 0. The molecule has 0 amide bonds. The van der Waals surface area contributed by atoms with Crippen molar-refractivity contribution in [2.24, 2.45) is 0 Å². The molecule has 0 saturated heterocycles. The highest BCUT2D eigenvalue weighted by molar-refractivity contribution is 4.88.